The van der Waals surface area contributed by atoms with Crippen molar-refractivity contribution >= 4 is 30.9 Å². The van der Waals surface area contributed by atoms with E-state index >= 15 is 0 Å². The minimum Gasteiger partial charge on any atom is -0.469 e. The van der Waals surface area contributed by atoms with Gasteiger partial charge in [-0.25, -0.2) is 9.59 Å². The van der Waals surface area contributed by atoms with Crippen molar-refractivity contribution < 1.29 is 47.7 Å². The molecule has 0 heterocycles. The van der Waals surface area contributed by atoms with E-state index in [9.17, 15) is 24.0 Å². The predicted molar refractivity (Wildman–Crippen MR) is 172 cm³/mol. The summed E-state index contributed by atoms with van der Waals surface area (Å²) < 4.78 is 28.0. The van der Waals surface area contributed by atoms with Gasteiger partial charge in [0.1, 0.15) is 17.8 Å². The number of hydrogen-bond acceptors (Lipinski definition) is 10. The molecular weight excluding hydrogens is 604 g/mol. The molecule has 0 aromatic rings. The Morgan fingerprint density at radius 3 is 2.13 bits per heavy atom. The summed E-state index contributed by atoms with van der Waals surface area (Å²) in [6.45, 7) is 12.2. The summed E-state index contributed by atoms with van der Waals surface area (Å²) in [5.74, 6) is -1.07. The largest absolute Gasteiger partial charge is 0.469 e. The molecule has 0 saturated heterocycles. The highest BCUT2D eigenvalue weighted by molar-refractivity contribution is 6.14. The van der Waals surface area contributed by atoms with Crippen LogP contribution in [0, 0.1) is 46.3 Å². The molecule has 0 N–H and O–H groups in total. The quantitative estimate of drug-likeness (QED) is 0.0384. The molecule has 264 valence electrons. The number of ether oxygens (including phenoxy) is 5. The topological polar surface area (TPSA) is 132 Å². The van der Waals surface area contributed by atoms with Gasteiger partial charge in [0, 0.05) is 17.8 Å². The normalized spacial score (nSPS) is 34.9. The Hall–Kier alpha value is -2.91. The highest BCUT2D eigenvalue weighted by Crippen LogP contribution is 2.69. The first-order chi connectivity index (χ1) is 22.5. The maximum Gasteiger partial charge on any atom is 0.345 e. The molecule has 0 spiro atoms. The Labute approximate surface area is 280 Å². The molecule has 47 heavy (non-hydrogen) atoms. The van der Waals surface area contributed by atoms with Gasteiger partial charge in [-0.1, -0.05) is 47.5 Å². The zero-order valence-corrected chi connectivity index (χ0v) is 29.3. The molecule has 0 aromatic carbocycles. The van der Waals surface area contributed by atoms with Crippen LogP contribution < -0.4 is 0 Å². The number of esters is 3. The van der Waals surface area contributed by atoms with E-state index in [1.807, 2.05) is 13.8 Å². The van der Waals surface area contributed by atoms with Crippen LogP contribution in [0.1, 0.15) is 112 Å². The first-order valence-corrected chi connectivity index (χ1v) is 17.8. The second-order valence-corrected chi connectivity index (χ2v) is 14.9. The summed E-state index contributed by atoms with van der Waals surface area (Å²) in [4.78, 5) is 62.9. The Bertz CT molecular complexity index is 1160. The average Bonchev–Trinajstić information content (AvgIpc) is 3.40. The lowest BCUT2D eigenvalue weighted by molar-refractivity contribution is -0.211. The summed E-state index contributed by atoms with van der Waals surface area (Å²) in [6, 6.07) is 0. The molecule has 4 saturated carbocycles. The van der Waals surface area contributed by atoms with Crippen molar-refractivity contribution in [1.82, 2.24) is 0 Å². The minimum atomic E-state index is -0.626. The Morgan fingerprint density at radius 1 is 0.915 bits per heavy atom. The number of methoxy groups -OCH3 is 1. The van der Waals surface area contributed by atoms with Crippen LogP contribution >= 0.6 is 0 Å². The van der Waals surface area contributed by atoms with E-state index in [0.717, 1.165) is 37.7 Å². The van der Waals surface area contributed by atoms with Crippen molar-refractivity contribution in [3.63, 3.8) is 0 Å². The van der Waals surface area contributed by atoms with Gasteiger partial charge in [0.25, 0.3) is 12.9 Å². The third-order valence-corrected chi connectivity index (χ3v) is 12.7. The molecule has 4 fully saturated rings. The van der Waals surface area contributed by atoms with Gasteiger partial charge >= 0.3 is 17.9 Å². The van der Waals surface area contributed by atoms with Gasteiger partial charge in [0.05, 0.1) is 20.3 Å². The number of allylic oxidation sites excluding steroid dienone is 1. The Morgan fingerprint density at radius 2 is 1.55 bits per heavy atom. The number of rotatable bonds is 15. The van der Waals surface area contributed by atoms with Gasteiger partial charge in [-0.15, -0.1) is 0 Å². The summed E-state index contributed by atoms with van der Waals surface area (Å²) in [5, 5.41) is 0. The molecule has 0 unspecified atom stereocenters. The maximum atomic E-state index is 13.3. The van der Waals surface area contributed by atoms with E-state index in [1.165, 1.54) is 7.11 Å². The van der Waals surface area contributed by atoms with Gasteiger partial charge in [0.2, 0.25) is 0 Å². The summed E-state index contributed by atoms with van der Waals surface area (Å²) in [5.41, 5.74) is 0.158. The second-order valence-electron chi connectivity index (χ2n) is 14.9. The number of fused-ring (bicyclic) bond motifs is 5. The van der Waals surface area contributed by atoms with Crippen LogP contribution in [0.3, 0.4) is 0 Å². The van der Waals surface area contributed by atoms with Crippen LogP contribution in [0.2, 0.25) is 0 Å². The van der Waals surface area contributed by atoms with Crippen LogP contribution in [-0.4, -0.2) is 63.4 Å². The summed E-state index contributed by atoms with van der Waals surface area (Å²) in [7, 11) is 1.40. The van der Waals surface area contributed by atoms with Gasteiger partial charge in [-0.2, -0.15) is 0 Å². The van der Waals surface area contributed by atoms with E-state index in [1.54, 1.807) is 0 Å². The van der Waals surface area contributed by atoms with Gasteiger partial charge in [-0.3, -0.25) is 14.4 Å². The molecule has 0 aliphatic heterocycles. The number of hydrogen-bond donors (Lipinski definition) is 0. The molecule has 0 amide bonds. The molecule has 4 aliphatic rings. The zero-order valence-electron chi connectivity index (χ0n) is 29.3. The van der Waals surface area contributed by atoms with Crippen molar-refractivity contribution in [3.8, 4) is 0 Å². The zero-order chi connectivity index (χ0) is 34.4. The lowest BCUT2D eigenvalue weighted by Crippen LogP contribution is -2.62. The van der Waals surface area contributed by atoms with E-state index in [4.69, 9.17) is 23.7 Å². The number of unbranched alkanes of at least 4 members (excludes halogenated alkanes) is 2. The van der Waals surface area contributed by atoms with Crippen molar-refractivity contribution in [3.05, 3.63) is 11.1 Å². The number of carbonyl (C=O) groups is 5. The first-order valence-electron chi connectivity index (χ1n) is 17.8. The predicted octanol–water partition coefficient (Wildman–Crippen LogP) is 6.13. The van der Waals surface area contributed by atoms with Crippen LogP contribution in [0.5, 0.6) is 0 Å². The van der Waals surface area contributed by atoms with Crippen LogP contribution in [0.4, 0.5) is 0 Å². The van der Waals surface area contributed by atoms with E-state index in [0.29, 0.717) is 57.9 Å². The molecule has 10 nitrogen and oxygen atoms in total. The minimum absolute atomic E-state index is 0.0193. The SMILES string of the molecule is CCCCOC(=O)C(C(=O)OCCCC)=C1CC[C@@]2(C)[C@@H](C1)C[C@@H](OC=O)[C@@H]1[C@@H]2C[C@H](OC=O)[C@]2(C)[C@@H]([C@H](C)CC(=O)OC)CC[C@@H]12. The fourth-order valence-electron chi connectivity index (χ4n) is 10.3. The molecule has 4 aliphatic carbocycles. The van der Waals surface area contributed by atoms with E-state index in [2.05, 4.69) is 20.8 Å². The van der Waals surface area contributed by atoms with Crippen LogP contribution in [0.25, 0.3) is 0 Å². The highest BCUT2D eigenvalue weighted by atomic mass is 16.6. The van der Waals surface area contributed by atoms with Gasteiger partial charge < -0.3 is 23.7 Å². The van der Waals surface area contributed by atoms with Gasteiger partial charge in [0.15, 0.2) is 0 Å². The van der Waals surface area contributed by atoms with E-state index in [-0.39, 0.29) is 77.9 Å². The second kappa shape index (κ2) is 16.0. The van der Waals surface area contributed by atoms with Crippen molar-refractivity contribution in [2.24, 2.45) is 46.3 Å². The van der Waals surface area contributed by atoms with Crippen LogP contribution in [0.15, 0.2) is 11.1 Å². The Balaban J connectivity index is 1.69. The molecule has 0 bridgehead atoms. The molecule has 0 aromatic heterocycles. The summed E-state index contributed by atoms with van der Waals surface area (Å²) in [6.07, 6.45) is 7.49. The standard InChI is InChI=1S/C37H56O10/c1-7-9-15-44-34(41)32(35(42)45-16-10-8-2)24-13-14-36(4)25(18-24)19-29(46-21-38)33-27-12-11-26(23(3)17-31(40)43-6)37(27,5)30(47-22-39)20-28(33)36/h21-23,25-30,33H,7-20H2,1-6H3/t23-,25+,26-,27+,28+,29-,30+,33+,36+,37-/m1/s1. The molecule has 4 rings (SSSR count). The average molecular weight is 661 g/mol. The fraction of sp³-hybridized carbons (Fsp3) is 0.811. The smallest absolute Gasteiger partial charge is 0.345 e. The van der Waals surface area contributed by atoms with E-state index < -0.39 is 17.4 Å². The molecule has 10 heteroatoms. The number of carbonyl (C=O) groups excluding carboxylic acids is 5. The Kier molecular flexibility index (Phi) is 12.6. The highest BCUT2D eigenvalue weighted by Gasteiger charge is 2.67. The van der Waals surface area contributed by atoms with Gasteiger partial charge in [-0.05, 0) is 98.4 Å². The molecule has 0 radical (unpaired) electrons. The van der Waals surface area contributed by atoms with Crippen molar-refractivity contribution in [2.45, 2.75) is 124 Å². The molecular formula is C37H56O10. The lowest BCUT2D eigenvalue weighted by Gasteiger charge is -2.63. The fourth-order valence-corrected chi connectivity index (χ4v) is 10.3. The summed E-state index contributed by atoms with van der Waals surface area (Å²) >= 11 is 0. The third kappa shape index (κ3) is 7.26. The van der Waals surface area contributed by atoms with Crippen LogP contribution in [-0.2, 0) is 47.7 Å². The molecule has 10 atom stereocenters. The maximum absolute atomic E-state index is 13.3. The monoisotopic (exact) mass is 660 g/mol. The lowest BCUT2D eigenvalue weighted by atomic mass is 9.43. The van der Waals surface area contributed by atoms with Crippen molar-refractivity contribution in [2.75, 3.05) is 20.3 Å². The first kappa shape index (κ1) is 36.9. The third-order valence-electron chi connectivity index (χ3n) is 12.7. The van der Waals surface area contributed by atoms with Crippen molar-refractivity contribution in [1.29, 1.82) is 0 Å².